The number of esters is 3. The third kappa shape index (κ3) is 67.4. The monoisotopic (exact) mass is 1330 g/mol. The minimum absolute atomic E-state index is 0.0256. The van der Waals surface area contributed by atoms with Gasteiger partial charge in [-0.2, -0.15) is 0 Å². The summed E-state index contributed by atoms with van der Waals surface area (Å²) in [6, 6.07) is 0. The van der Waals surface area contributed by atoms with Crippen LogP contribution >= 0.6 is 15.6 Å². The van der Waals surface area contributed by atoms with Crippen LogP contribution in [0.15, 0.2) is 207 Å². The highest BCUT2D eigenvalue weighted by atomic mass is 31.2. The first-order chi connectivity index (χ1) is 45.2. The number of phosphoric acid groups is 2. The molecule has 18 heteroatoms. The highest BCUT2D eigenvalue weighted by molar-refractivity contribution is 7.47. The first-order valence-electron chi connectivity index (χ1n) is 33.4. The molecule has 0 spiro atoms. The van der Waals surface area contributed by atoms with Gasteiger partial charge in [0, 0.05) is 19.3 Å². The van der Waals surface area contributed by atoms with Gasteiger partial charge in [0.1, 0.15) is 25.4 Å². The molecule has 0 saturated carbocycles. The largest absolute Gasteiger partial charge is 0.472 e. The summed E-state index contributed by atoms with van der Waals surface area (Å²) in [7, 11) is -9.85. The maximum atomic E-state index is 12.9. The molecule has 0 aromatic rings. The molecule has 520 valence electrons. The third-order valence-corrected chi connectivity index (χ3v) is 14.4. The summed E-state index contributed by atoms with van der Waals surface area (Å²) in [6.07, 6.45) is 86.3. The number of carbonyl (C=O) groups is 3. The smallest absolute Gasteiger partial charge is 0.463 e. The van der Waals surface area contributed by atoms with Crippen LogP contribution in [0, 0.1) is 0 Å². The molecule has 0 aliphatic rings. The number of carbonyl (C=O) groups excluding carboxylic acids is 3. The predicted octanol–water partition coefficient (Wildman–Crippen LogP) is 18.6. The van der Waals surface area contributed by atoms with E-state index in [1.165, 1.54) is 0 Å². The highest BCUT2D eigenvalue weighted by Gasteiger charge is 2.29. The van der Waals surface area contributed by atoms with E-state index in [4.69, 9.17) is 32.3 Å². The first kappa shape index (κ1) is 87.1. The molecule has 16 nitrogen and oxygen atoms in total. The van der Waals surface area contributed by atoms with Crippen molar-refractivity contribution in [2.75, 3.05) is 39.6 Å². The van der Waals surface area contributed by atoms with E-state index in [-0.39, 0.29) is 19.3 Å². The summed E-state index contributed by atoms with van der Waals surface area (Å²) >= 11 is 0. The van der Waals surface area contributed by atoms with Crippen molar-refractivity contribution in [2.24, 2.45) is 0 Å². The van der Waals surface area contributed by atoms with Crippen LogP contribution in [-0.4, -0.2) is 95.9 Å². The number of phosphoric ester groups is 2. The van der Waals surface area contributed by atoms with Crippen molar-refractivity contribution in [2.45, 2.75) is 206 Å². The Labute approximate surface area is 559 Å². The van der Waals surface area contributed by atoms with Crippen molar-refractivity contribution < 1.29 is 75.8 Å². The normalized spacial score (nSPS) is 15.5. The van der Waals surface area contributed by atoms with Crippen LogP contribution < -0.4 is 0 Å². The third-order valence-electron chi connectivity index (χ3n) is 12.5. The number of unbranched alkanes of at least 4 members (excludes halogenated alkanes) is 3. The standard InChI is InChI=1S/C75H114O16P2/c1-4-7-10-13-16-19-22-25-28-31-34-37-40-43-46-49-52-55-58-61-73(78)85-64-70(76)65-87-92(81,82)88-66-71(77)67-89-93(83,84)90-69-72(91-75(80)63-60-57-54-51-48-45-42-39-36-33-30-27-24-21-18-15-12-9-6-3)68-86-74(79)62-59-56-53-50-47-44-41-38-35-32-29-26-23-20-17-14-11-8-5-2/h7-12,16-21,25-30,34-39,43-48,52-53,55-56,70-72,76-77H,4-6,13-15,22-24,31-33,40-42,49-51,54,57-69H2,1-3H3,(H,81,82)(H,83,84)/b10-7-,11-8-,12-9-,19-16-,20-17-,21-18-,28-25-,29-26-,30-27-,37-34-,38-35-,39-36-,46-43-,47-44-,48-45-,55-52-,56-53-. The average Bonchev–Trinajstić information content (AvgIpc) is 3.57. The summed E-state index contributed by atoms with van der Waals surface area (Å²) in [5, 5.41) is 20.5. The van der Waals surface area contributed by atoms with Crippen molar-refractivity contribution in [1.82, 2.24) is 0 Å². The molecule has 4 N–H and O–H groups in total. The van der Waals surface area contributed by atoms with Gasteiger partial charge in [-0.25, -0.2) is 9.13 Å². The summed E-state index contributed by atoms with van der Waals surface area (Å²) in [5.41, 5.74) is 0. The number of aliphatic hydroxyl groups is 2. The van der Waals surface area contributed by atoms with Gasteiger partial charge in [0.15, 0.2) is 6.10 Å². The van der Waals surface area contributed by atoms with Gasteiger partial charge < -0.3 is 34.2 Å². The summed E-state index contributed by atoms with van der Waals surface area (Å²) in [4.78, 5) is 58.3. The van der Waals surface area contributed by atoms with Crippen LogP contribution in [0.5, 0.6) is 0 Å². The lowest BCUT2D eigenvalue weighted by Crippen LogP contribution is -2.30. The van der Waals surface area contributed by atoms with Gasteiger partial charge in [-0.05, 0) is 141 Å². The highest BCUT2D eigenvalue weighted by Crippen LogP contribution is 2.45. The SMILES string of the molecule is CC/C=C\C/C=C\C/C=C\C/C=C\C/C=C\C/C=C\CCC(=O)OCC(O)COP(=O)(O)OCC(O)COP(=O)(O)OCC(COC(=O)CC/C=C\C/C=C\C/C=C\C/C=C\C/C=C\C/C=C\CC)OC(=O)CCCCC/C=C\C/C=C\C/C=C\C/C=C\C/C=C\CC. The molecule has 0 heterocycles. The van der Waals surface area contributed by atoms with Gasteiger partial charge in [0.2, 0.25) is 0 Å². The minimum atomic E-state index is -4.97. The van der Waals surface area contributed by atoms with Crippen LogP contribution in [-0.2, 0) is 55.8 Å². The first-order valence-corrected chi connectivity index (χ1v) is 36.4. The van der Waals surface area contributed by atoms with E-state index in [0.717, 1.165) is 116 Å². The van der Waals surface area contributed by atoms with Crippen molar-refractivity contribution >= 4 is 33.6 Å². The molecular formula is C75H114O16P2. The van der Waals surface area contributed by atoms with Gasteiger partial charge >= 0.3 is 33.6 Å². The molecule has 5 atom stereocenters. The minimum Gasteiger partial charge on any atom is -0.463 e. The van der Waals surface area contributed by atoms with Crippen LogP contribution in [0.3, 0.4) is 0 Å². The lowest BCUT2D eigenvalue weighted by molar-refractivity contribution is -0.161. The van der Waals surface area contributed by atoms with Crippen LogP contribution in [0.1, 0.15) is 188 Å². The molecule has 0 fully saturated rings. The Morgan fingerprint density at radius 1 is 0.301 bits per heavy atom. The molecule has 5 unspecified atom stereocenters. The average molecular weight is 1330 g/mol. The van der Waals surface area contributed by atoms with E-state index in [9.17, 15) is 43.5 Å². The number of aliphatic hydroxyl groups excluding tert-OH is 2. The lowest BCUT2D eigenvalue weighted by Gasteiger charge is -2.21. The maximum Gasteiger partial charge on any atom is 0.472 e. The zero-order valence-corrected chi connectivity index (χ0v) is 57.9. The van der Waals surface area contributed by atoms with E-state index in [2.05, 4.69) is 191 Å². The van der Waals surface area contributed by atoms with Crippen molar-refractivity contribution in [1.29, 1.82) is 0 Å². The fraction of sp³-hybridized carbons (Fsp3) is 0.507. The number of ether oxygens (including phenoxy) is 3. The molecule has 0 radical (unpaired) electrons. The second-order valence-electron chi connectivity index (χ2n) is 21.1. The Hall–Kier alpha value is -5.87. The zero-order chi connectivity index (χ0) is 68.1. The molecule has 0 bridgehead atoms. The fourth-order valence-corrected chi connectivity index (χ4v) is 9.11. The fourth-order valence-electron chi connectivity index (χ4n) is 7.53. The summed E-state index contributed by atoms with van der Waals surface area (Å²) in [6.45, 7) is 2.04. The summed E-state index contributed by atoms with van der Waals surface area (Å²) < 4.78 is 60.7. The van der Waals surface area contributed by atoms with Gasteiger partial charge in [0.25, 0.3) is 0 Å². The Balaban J connectivity index is 4.94. The molecule has 0 amide bonds. The van der Waals surface area contributed by atoms with E-state index in [1.807, 2.05) is 36.5 Å². The molecule has 93 heavy (non-hydrogen) atoms. The summed E-state index contributed by atoms with van der Waals surface area (Å²) in [5.74, 6) is -1.82. The zero-order valence-electron chi connectivity index (χ0n) is 56.1. The van der Waals surface area contributed by atoms with Crippen molar-refractivity contribution in [3.8, 4) is 0 Å². The molecule has 0 saturated heterocycles. The predicted molar refractivity (Wildman–Crippen MR) is 380 cm³/mol. The van der Waals surface area contributed by atoms with Gasteiger partial charge in [-0.15, -0.1) is 0 Å². The molecule has 0 aromatic heterocycles. The van der Waals surface area contributed by atoms with E-state index in [0.29, 0.717) is 32.1 Å². The second-order valence-corrected chi connectivity index (χ2v) is 24.0. The second kappa shape index (κ2) is 66.2. The Morgan fingerprint density at radius 2 is 0.559 bits per heavy atom. The Kier molecular flexibility index (Phi) is 62.0. The van der Waals surface area contributed by atoms with Crippen molar-refractivity contribution in [3.05, 3.63) is 207 Å². The van der Waals surface area contributed by atoms with E-state index < -0.39 is 91.5 Å². The molecule has 0 rings (SSSR count). The Bertz CT molecular complexity index is 2520. The van der Waals surface area contributed by atoms with Gasteiger partial charge in [-0.1, -0.05) is 234 Å². The molecule has 0 aliphatic heterocycles. The molecule has 0 aromatic carbocycles. The van der Waals surface area contributed by atoms with E-state index >= 15 is 0 Å². The van der Waals surface area contributed by atoms with Crippen LogP contribution in [0.25, 0.3) is 0 Å². The Morgan fingerprint density at radius 3 is 0.871 bits per heavy atom. The number of allylic oxidation sites excluding steroid dienone is 34. The maximum absolute atomic E-state index is 12.9. The topological polar surface area (TPSA) is 231 Å². The van der Waals surface area contributed by atoms with Crippen molar-refractivity contribution in [3.63, 3.8) is 0 Å². The van der Waals surface area contributed by atoms with Gasteiger partial charge in [0.05, 0.1) is 26.4 Å². The lowest BCUT2D eigenvalue weighted by atomic mass is 10.1. The van der Waals surface area contributed by atoms with E-state index in [1.54, 1.807) is 0 Å². The van der Waals surface area contributed by atoms with Crippen LogP contribution in [0.4, 0.5) is 0 Å². The molecular weight excluding hydrogens is 1220 g/mol. The van der Waals surface area contributed by atoms with Gasteiger partial charge in [-0.3, -0.25) is 32.5 Å². The quantitative estimate of drug-likeness (QED) is 0.0146. The number of hydrogen-bond acceptors (Lipinski definition) is 14. The van der Waals surface area contributed by atoms with Crippen LogP contribution in [0.2, 0.25) is 0 Å². The number of hydrogen-bond donors (Lipinski definition) is 4. The molecule has 0 aliphatic carbocycles. The number of rotatable bonds is 60.